The van der Waals surface area contributed by atoms with E-state index >= 15 is 0 Å². The van der Waals surface area contributed by atoms with Crippen LogP contribution in [0, 0.1) is 0 Å². The predicted molar refractivity (Wildman–Crippen MR) is 45.8 cm³/mol. The van der Waals surface area contributed by atoms with Crippen molar-refractivity contribution in [1.82, 2.24) is 0 Å². The molecule has 0 aliphatic heterocycles. The van der Waals surface area contributed by atoms with Gasteiger partial charge in [-0.25, -0.2) is 8.42 Å². The molecule has 0 fully saturated rings. The number of rotatable bonds is 1. The third-order valence-corrected chi connectivity index (χ3v) is 2.64. The highest BCUT2D eigenvalue weighted by atomic mass is 32.2. The smallest absolute Gasteiger partial charge is 0.175 e. The lowest BCUT2D eigenvalue weighted by Crippen LogP contribution is -2.00. The second-order valence-electron chi connectivity index (χ2n) is 2.57. The van der Waals surface area contributed by atoms with E-state index < -0.39 is 9.84 Å². The third kappa shape index (κ3) is 2.05. The maximum atomic E-state index is 10.9. The second kappa shape index (κ2) is 2.66. The van der Waals surface area contributed by atoms with Gasteiger partial charge in [0, 0.05) is 6.26 Å². The topological polar surface area (TPSA) is 34.1 Å². The molecule has 0 amide bonds. The maximum Gasteiger partial charge on any atom is 0.175 e. The molecule has 0 aromatic carbocycles. The van der Waals surface area contributed by atoms with E-state index in [1.807, 2.05) is 0 Å². The molecular weight excluding hydrogens is 160 g/mol. The lowest BCUT2D eigenvalue weighted by Gasteiger charge is -2.05. The monoisotopic (exact) mass is 170 g/mol. The molecule has 3 heteroatoms. The van der Waals surface area contributed by atoms with E-state index in [4.69, 9.17) is 0 Å². The summed E-state index contributed by atoms with van der Waals surface area (Å²) in [5, 5.41) is 0. The first kappa shape index (κ1) is 8.27. The van der Waals surface area contributed by atoms with E-state index in [1.54, 1.807) is 18.2 Å². The summed E-state index contributed by atoms with van der Waals surface area (Å²) >= 11 is 0. The SMILES string of the molecule is C=C1C=CC(S(C)(=O)=O)=CC1. The fraction of sp³-hybridized carbons (Fsp3) is 0.250. The molecule has 0 bridgehead atoms. The summed E-state index contributed by atoms with van der Waals surface area (Å²) in [4.78, 5) is 0.393. The summed E-state index contributed by atoms with van der Waals surface area (Å²) in [5.41, 5.74) is 0.942. The molecule has 0 saturated heterocycles. The summed E-state index contributed by atoms with van der Waals surface area (Å²) in [6.45, 7) is 3.70. The number of hydrogen-bond acceptors (Lipinski definition) is 2. The van der Waals surface area contributed by atoms with Crippen LogP contribution in [-0.2, 0) is 9.84 Å². The van der Waals surface area contributed by atoms with Crippen LogP contribution >= 0.6 is 0 Å². The summed E-state index contributed by atoms with van der Waals surface area (Å²) in [5.74, 6) is 0. The van der Waals surface area contributed by atoms with Gasteiger partial charge in [-0.1, -0.05) is 24.3 Å². The third-order valence-electron chi connectivity index (χ3n) is 1.48. The van der Waals surface area contributed by atoms with Gasteiger partial charge in [-0.3, -0.25) is 0 Å². The first-order valence-corrected chi connectivity index (χ1v) is 5.15. The van der Waals surface area contributed by atoms with Gasteiger partial charge in [0.15, 0.2) is 9.84 Å². The second-order valence-corrected chi connectivity index (χ2v) is 4.59. The first-order chi connectivity index (χ1) is 5.00. The van der Waals surface area contributed by atoms with Crippen LogP contribution in [0.5, 0.6) is 0 Å². The van der Waals surface area contributed by atoms with Crippen LogP contribution in [0.3, 0.4) is 0 Å². The minimum Gasteiger partial charge on any atom is -0.224 e. The van der Waals surface area contributed by atoms with Crippen LogP contribution in [0.15, 0.2) is 35.3 Å². The first-order valence-electron chi connectivity index (χ1n) is 3.26. The van der Waals surface area contributed by atoms with Gasteiger partial charge in [0.05, 0.1) is 4.91 Å². The van der Waals surface area contributed by atoms with E-state index in [-0.39, 0.29) is 0 Å². The molecule has 1 aliphatic carbocycles. The molecule has 0 spiro atoms. The number of sulfone groups is 1. The van der Waals surface area contributed by atoms with Crippen molar-refractivity contribution in [2.45, 2.75) is 6.42 Å². The van der Waals surface area contributed by atoms with Gasteiger partial charge in [-0.2, -0.15) is 0 Å². The van der Waals surface area contributed by atoms with Gasteiger partial charge < -0.3 is 0 Å². The molecule has 0 radical (unpaired) electrons. The lowest BCUT2D eigenvalue weighted by atomic mass is 10.1. The normalized spacial score (nSPS) is 18.3. The summed E-state index contributed by atoms with van der Waals surface area (Å²) in [7, 11) is -3.02. The van der Waals surface area contributed by atoms with Crippen molar-refractivity contribution in [2.24, 2.45) is 0 Å². The molecule has 0 heterocycles. The Kier molecular flexibility index (Phi) is 2.00. The minimum atomic E-state index is -3.02. The van der Waals surface area contributed by atoms with Crippen LogP contribution in [0.25, 0.3) is 0 Å². The van der Waals surface area contributed by atoms with Crippen LogP contribution in [0.1, 0.15) is 6.42 Å². The van der Waals surface area contributed by atoms with Crippen LogP contribution in [0.4, 0.5) is 0 Å². The molecule has 11 heavy (non-hydrogen) atoms. The zero-order valence-electron chi connectivity index (χ0n) is 6.37. The average molecular weight is 170 g/mol. The van der Waals surface area contributed by atoms with E-state index in [1.165, 1.54) is 6.26 Å². The molecule has 0 aromatic heterocycles. The van der Waals surface area contributed by atoms with E-state index in [2.05, 4.69) is 6.58 Å². The van der Waals surface area contributed by atoms with E-state index in [0.29, 0.717) is 11.3 Å². The van der Waals surface area contributed by atoms with Gasteiger partial charge in [0.25, 0.3) is 0 Å². The van der Waals surface area contributed by atoms with E-state index in [9.17, 15) is 8.42 Å². The molecule has 0 saturated carbocycles. The molecule has 0 atom stereocenters. The zero-order valence-corrected chi connectivity index (χ0v) is 7.19. The van der Waals surface area contributed by atoms with Crippen molar-refractivity contribution in [3.63, 3.8) is 0 Å². The highest BCUT2D eigenvalue weighted by Gasteiger charge is 2.09. The highest BCUT2D eigenvalue weighted by molar-refractivity contribution is 7.94. The average Bonchev–Trinajstić information content (AvgIpc) is 1.86. The largest absolute Gasteiger partial charge is 0.224 e. The Hall–Kier alpha value is -0.830. The van der Waals surface area contributed by atoms with Gasteiger partial charge in [-0.15, -0.1) is 0 Å². The maximum absolute atomic E-state index is 10.9. The van der Waals surface area contributed by atoms with E-state index in [0.717, 1.165) is 5.57 Å². The van der Waals surface area contributed by atoms with Crippen LogP contribution < -0.4 is 0 Å². The predicted octanol–water partition coefficient (Wildman–Crippen LogP) is 1.43. The molecule has 1 aliphatic rings. The zero-order chi connectivity index (χ0) is 8.48. The van der Waals surface area contributed by atoms with Crippen LogP contribution in [-0.4, -0.2) is 14.7 Å². The number of hydrogen-bond donors (Lipinski definition) is 0. The fourth-order valence-electron chi connectivity index (χ4n) is 0.843. The van der Waals surface area contributed by atoms with Gasteiger partial charge in [0.2, 0.25) is 0 Å². The summed E-state index contributed by atoms with van der Waals surface area (Å²) in [6.07, 6.45) is 6.84. The summed E-state index contributed by atoms with van der Waals surface area (Å²) < 4.78 is 21.9. The molecule has 0 N–H and O–H groups in total. The Labute approximate surface area is 66.8 Å². The Morgan fingerprint density at radius 1 is 1.45 bits per heavy atom. The van der Waals surface area contributed by atoms with Crippen molar-refractivity contribution in [3.8, 4) is 0 Å². The molecule has 2 nitrogen and oxygen atoms in total. The molecule has 60 valence electrons. The fourth-order valence-corrected chi connectivity index (χ4v) is 1.54. The highest BCUT2D eigenvalue weighted by Crippen LogP contribution is 2.17. The van der Waals surface area contributed by atoms with Gasteiger partial charge in [-0.05, 0) is 12.5 Å². The molecule has 0 unspecified atom stereocenters. The summed E-state index contributed by atoms with van der Waals surface area (Å²) in [6, 6.07) is 0. The van der Waals surface area contributed by atoms with Crippen molar-refractivity contribution < 1.29 is 8.42 Å². The minimum absolute atomic E-state index is 0.393. The standard InChI is InChI=1S/C8H10O2S/c1-7-3-5-8(6-4-7)11(2,9)10/h3,5-6H,1,4H2,2H3. The van der Waals surface area contributed by atoms with Crippen LogP contribution in [0.2, 0.25) is 0 Å². The van der Waals surface area contributed by atoms with Gasteiger partial charge in [0.1, 0.15) is 0 Å². The number of allylic oxidation sites excluding steroid dienone is 4. The van der Waals surface area contributed by atoms with Crippen molar-refractivity contribution in [1.29, 1.82) is 0 Å². The van der Waals surface area contributed by atoms with Crippen molar-refractivity contribution >= 4 is 9.84 Å². The molecule has 1 rings (SSSR count). The Morgan fingerprint density at radius 2 is 2.09 bits per heavy atom. The lowest BCUT2D eigenvalue weighted by molar-refractivity contribution is 0.608. The Balaban J connectivity index is 2.97. The van der Waals surface area contributed by atoms with Gasteiger partial charge >= 0.3 is 0 Å². The Morgan fingerprint density at radius 3 is 2.45 bits per heavy atom. The Bertz CT molecular complexity index is 331. The van der Waals surface area contributed by atoms with Crippen molar-refractivity contribution in [3.05, 3.63) is 35.3 Å². The molecular formula is C8H10O2S. The molecule has 0 aromatic rings. The van der Waals surface area contributed by atoms with Crippen molar-refractivity contribution in [2.75, 3.05) is 6.26 Å². The quantitative estimate of drug-likeness (QED) is 0.596.